The first-order valence-corrected chi connectivity index (χ1v) is 12.5. The number of aromatic nitrogens is 2. The van der Waals surface area contributed by atoms with Crippen LogP contribution in [0.15, 0.2) is 41.8 Å². The third-order valence-corrected chi connectivity index (χ3v) is 7.74. The van der Waals surface area contributed by atoms with Gasteiger partial charge in [-0.2, -0.15) is 0 Å². The molecule has 2 fully saturated rings. The monoisotopic (exact) mass is 456 g/mol. The van der Waals surface area contributed by atoms with Crippen molar-refractivity contribution >= 4 is 29.4 Å². The van der Waals surface area contributed by atoms with E-state index in [1.54, 1.807) is 47.1 Å². The number of nitrogens with zero attached hydrogens (tertiary/aromatic N) is 2. The Hall–Kier alpha value is -2.48. The summed E-state index contributed by atoms with van der Waals surface area (Å²) < 4.78 is 5.57. The number of carbonyl (C=O) groups excluding carboxylic acids is 2. The number of thioether (sulfide) groups is 1. The number of aromatic amines is 1. The summed E-state index contributed by atoms with van der Waals surface area (Å²) in [6.45, 7) is 3.62. The van der Waals surface area contributed by atoms with Crippen molar-refractivity contribution in [1.82, 2.24) is 14.9 Å². The summed E-state index contributed by atoms with van der Waals surface area (Å²) in [5.74, 6) is 1.25. The second-order valence-electron chi connectivity index (χ2n) is 8.76. The van der Waals surface area contributed by atoms with Gasteiger partial charge in [-0.1, -0.05) is 37.9 Å². The standard InChI is InChI=1S/C24H32N4O3S/c1-17(32-23-25-13-14-26-23)18-11-15-28(16-12-18)24(30)31-21-9-7-20(8-10-21)27-22(29)19-5-3-2-4-6-19/h7-10,13-14,17-19H,2-6,11-12,15-16H2,1H3,(H,25,26)(H,27,29). The summed E-state index contributed by atoms with van der Waals surface area (Å²) >= 11 is 1.75. The Morgan fingerprint density at radius 3 is 2.50 bits per heavy atom. The molecule has 0 radical (unpaired) electrons. The van der Waals surface area contributed by atoms with Gasteiger partial charge in [-0.05, 0) is 55.9 Å². The van der Waals surface area contributed by atoms with Gasteiger partial charge < -0.3 is 19.9 Å². The van der Waals surface area contributed by atoms with Crippen molar-refractivity contribution in [1.29, 1.82) is 0 Å². The molecule has 2 N–H and O–H groups in total. The van der Waals surface area contributed by atoms with E-state index in [9.17, 15) is 9.59 Å². The summed E-state index contributed by atoms with van der Waals surface area (Å²) in [6.07, 6.45) is 10.6. The Morgan fingerprint density at radius 1 is 1.12 bits per heavy atom. The number of hydrogen-bond donors (Lipinski definition) is 2. The van der Waals surface area contributed by atoms with Gasteiger partial charge in [0, 0.05) is 42.3 Å². The van der Waals surface area contributed by atoms with Crippen molar-refractivity contribution in [2.45, 2.75) is 62.3 Å². The first-order chi connectivity index (χ1) is 15.6. The van der Waals surface area contributed by atoms with E-state index in [-0.39, 0.29) is 17.9 Å². The van der Waals surface area contributed by atoms with E-state index in [0.29, 0.717) is 30.0 Å². The molecule has 4 rings (SSSR count). The number of carbonyl (C=O) groups is 2. The van der Waals surface area contributed by atoms with E-state index in [0.717, 1.165) is 49.4 Å². The normalized spacial score (nSPS) is 18.8. The molecule has 2 amide bonds. The molecule has 2 aliphatic rings. The zero-order valence-electron chi connectivity index (χ0n) is 18.6. The van der Waals surface area contributed by atoms with Crippen LogP contribution in [-0.2, 0) is 4.79 Å². The zero-order chi connectivity index (χ0) is 22.3. The third-order valence-electron chi connectivity index (χ3n) is 6.54. The van der Waals surface area contributed by atoms with Gasteiger partial charge in [0.05, 0.1) is 0 Å². The highest BCUT2D eigenvalue weighted by Crippen LogP contribution is 2.32. The molecular formula is C24H32N4O3S. The number of H-pyrrole nitrogens is 1. The van der Waals surface area contributed by atoms with Gasteiger partial charge in [0.1, 0.15) is 5.75 Å². The highest BCUT2D eigenvalue weighted by atomic mass is 32.2. The van der Waals surface area contributed by atoms with Gasteiger partial charge in [0.15, 0.2) is 5.16 Å². The lowest BCUT2D eigenvalue weighted by Crippen LogP contribution is -2.41. The van der Waals surface area contributed by atoms with Crippen molar-refractivity contribution in [2.24, 2.45) is 11.8 Å². The molecule has 0 bridgehead atoms. The smallest absolute Gasteiger partial charge is 0.410 e. The van der Waals surface area contributed by atoms with Crippen LogP contribution in [0.3, 0.4) is 0 Å². The maximum absolute atomic E-state index is 12.6. The van der Waals surface area contributed by atoms with E-state index >= 15 is 0 Å². The van der Waals surface area contributed by atoms with Crippen molar-refractivity contribution in [3.8, 4) is 5.75 Å². The molecule has 1 aromatic carbocycles. The average molecular weight is 457 g/mol. The number of rotatable bonds is 6. The van der Waals surface area contributed by atoms with E-state index in [4.69, 9.17) is 4.74 Å². The summed E-state index contributed by atoms with van der Waals surface area (Å²) in [6, 6.07) is 7.07. The van der Waals surface area contributed by atoms with E-state index < -0.39 is 0 Å². The van der Waals surface area contributed by atoms with Crippen LogP contribution in [0.5, 0.6) is 5.75 Å². The maximum atomic E-state index is 12.6. The van der Waals surface area contributed by atoms with Gasteiger partial charge in [-0.15, -0.1) is 0 Å². The van der Waals surface area contributed by atoms with Crippen molar-refractivity contribution in [3.05, 3.63) is 36.7 Å². The molecule has 1 saturated heterocycles. The maximum Gasteiger partial charge on any atom is 0.415 e. The van der Waals surface area contributed by atoms with Gasteiger partial charge in [0.25, 0.3) is 0 Å². The average Bonchev–Trinajstić information content (AvgIpc) is 3.34. The fourth-order valence-electron chi connectivity index (χ4n) is 4.52. The highest BCUT2D eigenvalue weighted by molar-refractivity contribution is 7.99. The number of benzene rings is 1. The summed E-state index contributed by atoms with van der Waals surface area (Å²) in [5, 5.41) is 4.37. The number of amides is 2. The molecule has 1 unspecified atom stereocenters. The Bertz CT molecular complexity index is 873. The zero-order valence-corrected chi connectivity index (χ0v) is 19.4. The van der Waals surface area contributed by atoms with E-state index in [1.807, 2.05) is 6.20 Å². The number of likely N-dealkylation sites (tertiary alicyclic amines) is 1. The Kier molecular flexibility index (Phi) is 7.73. The fourth-order valence-corrected chi connectivity index (χ4v) is 5.59. The van der Waals surface area contributed by atoms with Gasteiger partial charge in [0.2, 0.25) is 5.91 Å². The third kappa shape index (κ3) is 6.06. The number of piperidine rings is 1. The minimum atomic E-state index is -0.311. The lowest BCUT2D eigenvalue weighted by Gasteiger charge is -2.33. The summed E-state index contributed by atoms with van der Waals surface area (Å²) in [5.41, 5.74) is 0.740. The number of anilines is 1. The van der Waals surface area contributed by atoms with Crippen LogP contribution >= 0.6 is 11.8 Å². The molecule has 32 heavy (non-hydrogen) atoms. The minimum absolute atomic E-state index is 0.0942. The van der Waals surface area contributed by atoms with Crippen LogP contribution in [0.4, 0.5) is 10.5 Å². The molecule has 1 atom stereocenters. The van der Waals surface area contributed by atoms with Crippen molar-refractivity contribution in [2.75, 3.05) is 18.4 Å². The van der Waals surface area contributed by atoms with Crippen LogP contribution in [0.1, 0.15) is 51.9 Å². The topological polar surface area (TPSA) is 87.3 Å². The SMILES string of the molecule is CC(Sc1ncc[nH]1)C1CCN(C(=O)Oc2ccc(NC(=O)C3CCCCC3)cc2)CC1. The van der Waals surface area contributed by atoms with Gasteiger partial charge in [-0.3, -0.25) is 4.79 Å². The summed E-state index contributed by atoms with van der Waals surface area (Å²) in [7, 11) is 0. The van der Waals surface area contributed by atoms with Crippen LogP contribution in [0, 0.1) is 11.8 Å². The number of imidazole rings is 1. The molecule has 7 nitrogen and oxygen atoms in total. The molecule has 1 saturated carbocycles. The van der Waals surface area contributed by atoms with Crippen molar-refractivity contribution < 1.29 is 14.3 Å². The number of nitrogens with one attached hydrogen (secondary N) is 2. The molecule has 8 heteroatoms. The van der Waals surface area contributed by atoms with Crippen LogP contribution < -0.4 is 10.1 Å². The molecule has 1 aromatic heterocycles. The summed E-state index contributed by atoms with van der Waals surface area (Å²) in [4.78, 5) is 34.2. The van der Waals surface area contributed by atoms with E-state index in [2.05, 4.69) is 22.2 Å². The van der Waals surface area contributed by atoms with Crippen LogP contribution in [0.2, 0.25) is 0 Å². The number of ether oxygens (including phenoxy) is 1. The molecule has 1 aliphatic carbocycles. The first-order valence-electron chi connectivity index (χ1n) is 11.6. The number of hydrogen-bond acceptors (Lipinski definition) is 5. The van der Waals surface area contributed by atoms with Crippen molar-refractivity contribution in [3.63, 3.8) is 0 Å². The lowest BCUT2D eigenvalue weighted by atomic mass is 9.88. The van der Waals surface area contributed by atoms with Crippen LogP contribution in [0.25, 0.3) is 0 Å². The van der Waals surface area contributed by atoms with Gasteiger partial charge in [-0.25, -0.2) is 9.78 Å². The fraction of sp³-hybridized carbons (Fsp3) is 0.542. The molecular weight excluding hydrogens is 424 g/mol. The molecule has 0 spiro atoms. The second kappa shape index (κ2) is 10.9. The predicted octanol–water partition coefficient (Wildman–Crippen LogP) is 5.32. The Morgan fingerprint density at radius 2 is 1.84 bits per heavy atom. The molecule has 2 aromatic rings. The Balaban J connectivity index is 1.21. The molecule has 1 aliphatic heterocycles. The van der Waals surface area contributed by atoms with Gasteiger partial charge >= 0.3 is 6.09 Å². The highest BCUT2D eigenvalue weighted by Gasteiger charge is 2.28. The largest absolute Gasteiger partial charge is 0.415 e. The quantitative estimate of drug-likeness (QED) is 0.575. The van der Waals surface area contributed by atoms with E-state index in [1.165, 1.54) is 6.42 Å². The molecule has 2 heterocycles. The predicted molar refractivity (Wildman–Crippen MR) is 126 cm³/mol. The Labute approximate surface area is 193 Å². The molecule has 172 valence electrons. The minimum Gasteiger partial charge on any atom is -0.410 e. The second-order valence-corrected chi connectivity index (χ2v) is 10.1. The lowest BCUT2D eigenvalue weighted by molar-refractivity contribution is -0.120. The van der Waals surface area contributed by atoms with Crippen LogP contribution in [-0.4, -0.2) is 45.2 Å². The first kappa shape index (κ1) is 22.7.